The summed E-state index contributed by atoms with van der Waals surface area (Å²) in [6, 6.07) is 0. The smallest absolute Gasteiger partial charge is 0.252 e. The molecule has 0 aromatic heterocycles. The van der Waals surface area contributed by atoms with Gasteiger partial charge < -0.3 is 10.0 Å². The minimum Gasteiger partial charge on any atom is -0.373 e. The van der Waals surface area contributed by atoms with Crippen molar-refractivity contribution in [2.75, 3.05) is 12.3 Å². The van der Waals surface area contributed by atoms with Crippen molar-refractivity contribution in [3.63, 3.8) is 0 Å². The molecular formula is C6H8N2O2S. The highest BCUT2D eigenvalue weighted by atomic mass is 32.2. The molecule has 1 fully saturated rings. The molecule has 5 heteroatoms. The number of aliphatic imine (C=N–C) groups is 1. The Balaban J connectivity index is 2.27. The summed E-state index contributed by atoms with van der Waals surface area (Å²) in [7, 11) is 0. The van der Waals surface area contributed by atoms with Crippen LogP contribution >= 0.6 is 11.8 Å². The molecule has 0 aliphatic carbocycles. The van der Waals surface area contributed by atoms with Crippen LogP contribution in [-0.4, -0.2) is 39.6 Å². The topological polar surface area (TPSA) is 52.9 Å². The molecule has 0 aromatic rings. The monoisotopic (exact) mass is 172 g/mol. The Hall–Kier alpha value is -0.550. The second-order valence-corrected chi connectivity index (χ2v) is 3.58. The number of nitrogens with zero attached hydrogens (tertiary/aromatic N) is 2. The van der Waals surface area contributed by atoms with E-state index in [1.165, 1.54) is 11.8 Å². The number of fused-ring (bicyclic) bond motifs is 1. The summed E-state index contributed by atoms with van der Waals surface area (Å²) in [5.74, 6) is 0.710. The van der Waals surface area contributed by atoms with Crippen LogP contribution in [0.5, 0.6) is 0 Å². The number of hydrogen-bond acceptors (Lipinski definition) is 4. The van der Waals surface area contributed by atoms with E-state index in [-0.39, 0.29) is 12.3 Å². The van der Waals surface area contributed by atoms with E-state index in [4.69, 9.17) is 0 Å². The Morgan fingerprint density at radius 2 is 2.55 bits per heavy atom. The van der Waals surface area contributed by atoms with E-state index < -0.39 is 6.23 Å². The molecule has 2 aliphatic rings. The third kappa shape index (κ3) is 1.14. The highest BCUT2D eigenvalue weighted by Crippen LogP contribution is 2.24. The quantitative estimate of drug-likeness (QED) is 0.542. The summed E-state index contributed by atoms with van der Waals surface area (Å²) in [5, 5.41) is 10.0. The number of hydrogen-bond donors (Lipinski definition) is 1. The van der Waals surface area contributed by atoms with Crippen molar-refractivity contribution in [2.45, 2.75) is 12.6 Å². The first-order valence-corrected chi connectivity index (χ1v) is 4.45. The molecule has 0 saturated carbocycles. The standard InChI is InChI=1S/C6H8N2O2S/c9-4-3-5(10)8-1-2-11-6(8)7-4/h5,10H,1-3H2. The number of thioether (sulfide) groups is 1. The van der Waals surface area contributed by atoms with E-state index in [1.807, 2.05) is 0 Å². The Kier molecular flexibility index (Phi) is 1.61. The van der Waals surface area contributed by atoms with Gasteiger partial charge in [0.05, 0.1) is 6.42 Å². The van der Waals surface area contributed by atoms with Crippen LogP contribution in [0, 0.1) is 0 Å². The molecule has 2 rings (SSSR count). The van der Waals surface area contributed by atoms with Crippen molar-refractivity contribution in [2.24, 2.45) is 4.99 Å². The number of amidine groups is 1. The maximum absolute atomic E-state index is 10.8. The zero-order valence-electron chi connectivity index (χ0n) is 5.86. The molecule has 0 bridgehead atoms. The van der Waals surface area contributed by atoms with Crippen LogP contribution in [0.15, 0.2) is 4.99 Å². The van der Waals surface area contributed by atoms with E-state index in [2.05, 4.69) is 4.99 Å². The average Bonchev–Trinajstić information content (AvgIpc) is 2.34. The van der Waals surface area contributed by atoms with Gasteiger partial charge in [0.1, 0.15) is 6.23 Å². The van der Waals surface area contributed by atoms with Crippen LogP contribution < -0.4 is 0 Å². The van der Waals surface area contributed by atoms with Gasteiger partial charge in [-0.2, -0.15) is 4.99 Å². The molecule has 1 atom stereocenters. The Labute approximate surface area is 68.3 Å². The normalized spacial score (nSPS) is 30.3. The van der Waals surface area contributed by atoms with Crippen LogP contribution in [0.25, 0.3) is 0 Å². The Morgan fingerprint density at radius 3 is 3.36 bits per heavy atom. The Bertz CT molecular complexity index is 229. The molecule has 60 valence electrons. The summed E-state index contributed by atoms with van der Waals surface area (Å²) in [6.45, 7) is 0.804. The number of aliphatic hydroxyl groups excluding tert-OH is 1. The third-order valence-electron chi connectivity index (χ3n) is 1.75. The highest BCUT2D eigenvalue weighted by Gasteiger charge is 2.31. The van der Waals surface area contributed by atoms with Gasteiger partial charge in [-0.1, -0.05) is 11.8 Å². The first-order valence-electron chi connectivity index (χ1n) is 3.46. The fraction of sp³-hybridized carbons (Fsp3) is 0.667. The second kappa shape index (κ2) is 2.49. The van der Waals surface area contributed by atoms with Crippen molar-refractivity contribution in [3.05, 3.63) is 0 Å². The number of rotatable bonds is 0. The molecule has 4 nitrogen and oxygen atoms in total. The average molecular weight is 172 g/mol. The van der Waals surface area contributed by atoms with E-state index >= 15 is 0 Å². The van der Waals surface area contributed by atoms with Crippen LogP contribution in [0.4, 0.5) is 0 Å². The van der Waals surface area contributed by atoms with Crippen LogP contribution in [0.3, 0.4) is 0 Å². The molecule has 1 amide bonds. The van der Waals surface area contributed by atoms with E-state index in [0.29, 0.717) is 5.17 Å². The SMILES string of the molecule is O=C1CC(O)N2CCSC2=N1. The fourth-order valence-electron chi connectivity index (χ4n) is 1.21. The zero-order valence-corrected chi connectivity index (χ0v) is 6.67. The van der Waals surface area contributed by atoms with E-state index in [9.17, 15) is 9.90 Å². The first kappa shape index (κ1) is 7.12. The predicted octanol–water partition coefficient (Wildman–Crippen LogP) is -0.360. The van der Waals surface area contributed by atoms with Crippen molar-refractivity contribution in [1.29, 1.82) is 0 Å². The van der Waals surface area contributed by atoms with Gasteiger partial charge >= 0.3 is 0 Å². The minimum absolute atomic E-state index is 0.143. The summed E-state index contributed by atoms with van der Waals surface area (Å²) < 4.78 is 0. The van der Waals surface area contributed by atoms with Gasteiger partial charge in [0.15, 0.2) is 5.17 Å². The van der Waals surface area contributed by atoms with Gasteiger partial charge in [-0.05, 0) is 0 Å². The van der Waals surface area contributed by atoms with Gasteiger partial charge in [0.2, 0.25) is 0 Å². The molecular weight excluding hydrogens is 164 g/mol. The molecule has 0 aromatic carbocycles. The van der Waals surface area contributed by atoms with Crippen molar-refractivity contribution in [3.8, 4) is 0 Å². The van der Waals surface area contributed by atoms with E-state index in [1.54, 1.807) is 4.90 Å². The van der Waals surface area contributed by atoms with Crippen molar-refractivity contribution >= 4 is 22.8 Å². The molecule has 0 radical (unpaired) electrons. The molecule has 1 N–H and O–H groups in total. The largest absolute Gasteiger partial charge is 0.373 e. The summed E-state index contributed by atoms with van der Waals surface area (Å²) in [6.07, 6.45) is -0.491. The molecule has 11 heavy (non-hydrogen) atoms. The number of amides is 1. The Morgan fingerprint density at radius 1 is 1.73 bits per heavy atom. The lowest BCUT2D eigenvalue weighted by molar-refractivity contribution is -0.122. The van der Waals surface area contributed by atoms with E-state index in [0.717, 1.165) is 12.3 Å². The van der Waals surface area contributed by atoms with Crippen molar-refractivity contribution in [1.82, 2.24) is 4.90 Å². The number of carbonyl (C=O) groups is 1. The lowest BCUT2D eigenvalue weighted by Gasteiger charge is -2.26. The minimum atomic E-state index is -0.634. The van der Waals surface area contributed by atoms with Gasteiger partial charge in [-0.25, -0.2) is 0 Å². The molecule has 1 saturated heterocycles. The van der Waals surface area contributed by atoms with Gasteiger partial charge in [-0.3, -0.25) is 4.79 Å². The summed E-state index contributed by atoms with van der Waals surface area (Å²) in [5.41, 5.74) is 0. The predicted molar refractivity (Wildman–Crippen MR) is 42.2 cm³/mol. The maximum atomic E-state index is 10.8. The zero-order chi connectivity index (χ0) is 7.84. The van der Waals surface area contributed by atoms with Gasteiger partial charge in [0.25, 0.3) is 5.91 Å². The van der Waals surface area contributed by atoms with Crippen LogP contribution in [0.2, 0.25) is 0 Å². The third-order valence-corrected chi connectivity index (χ3v) is 2.72. The molecule has 2 aliphatic heterocycles. The lowest BCUT2D eigenvalue weighted by Crippen LogP contribution is -2.40. The van der Waals surface area contributed by atoms with Crippen LogP contribution in [-0.2, 0) is 4.79 Å². The van der Waals surface area contributed by atoms with Gasteiger partial charge in [-0.15, -0.1) is 0 Å². The number of carbonyl (C=O) groups excluding carboxylic acids is 1. The fourth-order valence-corrected chi connectivity index (χ4v) is 2.22. The second-order valence-electron chi connectivity index (χ2n) is 2.51. The molecule has 2 heterocycles. The number of aliphatic hydroxyl groups is 1. The van der Waals surface area contributed by atoms with Crippen LogP contribution in [0.1, 0.15) is 6.42 Å². The summed E-state index contributed by atoms with van der Waals surface area (Å²) >= 11 is 1.53. The highest BCUT2D eigenvalue weighted by molar-refractivity contribution is 8.14. The first-order chi connectivity index (χ1) is 5.27. The molecule has 1 unspecified atom stereocenters. The van der Waals surface area contributed by atoms with Gasteiger partial charge in [0, 0.05) is 12.3 Å². The maximum Gasteiger partial charge on any atom is 0.252 e. The lowest BCUT2D eigenvalue weighted by atomic mass is 10.3. The molecule has 0 spiro atoms. The van der Waals surface area contributed by atoms with Crippen molar-refractivity contribution < 1.29 is 9.90 Å². The summed E-state index contributed by atoms with van der Waals surface area (Å²) in [4.78, 5) is 16.4.